The Bertz CT molecular complexity index is 218. The largest absolute Gasteiger partial charge is 0.316 e. The second kappa shape index (κ2) is 13.2. The molecule has 0 heterocycles. The maximum atomic E-state index is 3.14. The fraction of sp³-hybridized carbons (Fsp3) is 0.571. The first kappa shape index (κ1) is 16.6. The average molecular weight is 209 g/mol. The van der Waals surface area contributed by atoms with E-state index in [4.69, 9.17) is 0 Å². The topological polar surface area (TPSA) is 12.0 Å². The quantitative estimate of drug-likeness (QED) is 0.793. The molecule has 0 amide bonds. The van der Waals surface area contributed by atoms with Gasteiger partial charge in [-0.1, -0.05) is 58.9 Å². The number of rotatable bonds is 3. The third-order valence-corrected chi connectivity index (χ3v) is 1.78. The molecular weight excluding hydrogens is 182 g/mol. The molecule has 1 nitrogen and oxygen atoms in total. The Morgan fingerprint density at radius 1 is 1.00 bits per heavy atom. The highest BCUT2D eigenvalue weighted by Gasteiger charge is 1.91. The van der Waals surface area contributed by atoms with E-state index in [1.165, 1.54) is 11.1 Å². The summed E-state index contributed by atoms with van der Waals surface area (Å²) in [5, 5.41) is 3.14. The molecule has 0 aliphatic carbocycles. The first-order valence-electron chi connectivity index (χ1n) is 6.09. The van der Waals surface area contributed by atoms with Gasteiger partial charge in [0.05, 0.1) is 0 Å². The van der Waals surface area contributed by atoms with Crippen molar-refractivity contribution in [2.24, 2.45) is 0 Å². The van der Waals surface area contributed by atoms with Crippen LogP contribution in [0.1, 0.15) is 45.7 Å². The van der Waals surface area contributed by atoms with Gasteiger partial charge < -0.3 is 5.32 Å². The van der Waals surface area contributed by atoms with Crippen molar-refractivity contribution in [3.63, 3.8) is 0 Å². The van der Waals surface area contributed by atoms with Gasteiger partial charge in [-0.15, -0.1) is 0 Å². The van der Waals surface area contributed by atoms with Gasteiger partial charge in [0, 0.05) is 6.54 Å². The SMILES string of the molecule is CC.CC.CCc1cccc(CNC)c1. The molecule has 0 radical (unpaired) electrons. The maximum Gasteiger partial charge on any atom is 0.0202 e. The summed E-state index contributed by atoms with van der Waals surface area (Å²) in [7, 11) is 1.97. The molecule has 1 aromatic rings. The van der Waals surface area contributed by atoms with Crippen LogP contribution in [0.25, 0.3) is 0 Å². The van der Waals surface area contributed by atoms with Crippen LogP contribution in [0.4, 0.5) is 0 Å². The van der Waals surface area contributed by atoms with Gasteiger partial charge in [0.1, 0.15) is 0 Å². The molecule has 0 aliphatic rings. The Morgan fingerprint density at radius 2 is 1.53 bits per heavy atom. The standard InChI is InChI=1S/C10H15N.2C2H6/c1-3-9-5-4-6-10(7-9)8-11-2;2*1-2/h4-7,11H,3,8H2,1-2H3;2*1-2H3. The van der Waals surface area contributed by atoms with Crippen LogP contribution in [0.15, 0.2) is 24.3 Å². The van der Waals surface area contributed by atoms with Crippen LogP contribution in [-0.2, 0) is 13.0 Å². The summed E-state index contributed by atoms with van der Waals surface area (Å²) in [6.45, 7) is 11.1. The highest BCUT2D eigenvalue weighted by Crippen LogP contribution is 2.04. The molecule has 0 unspecified atom stereocenters. The molecule has 1 aromatic carbocycles. The van der Waals surface area contributed by atoms with Crippen molar-refractivity contribution in [2.45, 2.75) is 47.6 Å². The summed E-state index contributed by atoms with van der Waals surface area (Å²) in [6, 6.07) is 8.68. The summed E-state index contributed by atoms with van der Waals surface area (Å²) in [6.07, 6.45) is 1.12. The number of hydrogen-bond acceptors (Lipinski definition) is 1. The molecule has 1 N–H and O–H groups in total. The molecule has 1 heteroatoms. The van der Waals surface area contributed by atoms with Gasteiger partial charge >= 0.3 is 0 Å². The van der Waals surface area contributed by atoms with E-state index in [2.05, 4.69) is 36.5 Å². The fourth-order valence-electron chi connectivity index (χ4n) is 1.16. The van der Waals surface area contributed by atoms with Crippen molar-refractivity contribution in [3.8, 4) is 0 Å². The third-order valence-electron chi connectivity index (χ3n) is 1.78. The number of hydrogen-bond donors (Lipinski definition) is 1. The van der Waals surface area contributed by atoms with Crippen LogP contribution in [0.5, 0.6) is 0 Å². The highest BCUT2D eigenvalue weighted by molar-refractivity contribution is 5.23. The number of benzene rings is 1. The molecule has 0 bridgehead atoms. The van der Waals surface area contributed by atoms with Gasteiger partial charge in [0.15, 0.2) is 0 Å². The predicted octanol–water partition coefficient (Wildman–Crippen LogP) is 4.02. The molecule has 0 aromatic heterocycles. The van der Waals surface area contributed by atoms with Gasteiger partial charge in [-0.05, 0) is 24.6 Å². The van der Waals surface area contributed by atoms with Crippen LogP contribution in [-0.4, -0.2) is 7.05 Å². The molecule has 15 heavy (non-hydrogen) atoms. The van der Waals surface area contributed by atoms with Crippen LogP contribution in [0.3, 0.4) is 0 Å². The summed E-state index contributed by atoms with van der Waals surface area (Å²) in [5.41, 5.74) is 2.78. The number of nitrogens with one attached hydrogen (secondary N) is 1. The lowest BCUT2D eigenvalue weighted by Crippen LogP contribution is -2.04. The van der Waals surface area contributed by atoms with E-state index in [-0.39, 0.29) is 0 Å². The maximum absolute atomic E-state index is 3.14. The smallest absolute Gasteiger partial charge is 0.0202 e. The molecule has 0 saturated heterocycles. The molecule has 0 fully saturated rings. The summed E-state index contributed by atoms with van der Waals surface area (Å²) >= 11 is 0. The average Bonchev–Trinajstić information content (AvgIpc) is 2.35. The minimum absolute atomic E-state index is 0.966. The Labute approximate surface area is 95.9 Å². The summed E-state index contributed by atoms with van der Waals surface area (Å²) < 4.78 is 0. The highest BCUT2D eigenvalue weighted by atomic mass is 14.8. The Kier molecular flexibility index (Phi) is 14.6. The predicted molar refractivity (Wildman–Crippen MR) is 71.3 cm³/mol. The van der Waals surface area contributed by atoms with E-state index in [1.807, 2.05) is 34.7 Å². The van der Waals surface area contributed by atoms with Crippen LogP contribution in [0, 0.1) is 0 Å². The van der Waals surface area contributed by atoms with E-state index in [0.29, 0.717) is 0 Å². The zero-order valence-corrected chi connectivity index (χ0v) is 11.2. The van der Waals surface area contributed by atoms with E-state index < -0.39 is 0 Å². The molecular formula is C14H27N. The van der Waals surface area contributed by atoms with Crippen molar-refractivity contribution in [3.05, 3.63) is 35.4 Å². The minimum Gasteiger partial charge on any atom is -0.316 e. The van der Waals surface area contributed by atoms with Gasteiger partial charge in [-0.3, -0.25) is 0 Å². The Balaban J connectivity index is 0. The van der Waals surface area contributed by atoms with E-state index >= 15 is 0 Å². The Hall–Kier alpha value is -0.820. The van der Waals surface area contributed by atoms with Crippen LogP contribution >= 0.6 is 0 Å². The molecule has 1 rings (SSSR count). The minimum atomic E-state index is 0.966. The zero-order chi connectivity index (χ0) is 12.1. The molecule has 0 atom stereocenters. The molecule has 88 valence electrons. The van der Waals surface area contributed by atoms with Gasteiger partial charge in [0.2, 0.25) is 0 Å². The lowest BCUT2D eigenvalue weighted by atomic mass is 10.1. The van der Waals surface area contributed by atoms with Crippen molar-refractivity contribution >= 4 is 0 Å². The van der Waals surface area contributed by atoms with Crippen molar-refractivity contribution in [1.82, 2.24) is 5.32 Å². The van der Waals surface area contributed by atoms with Crippen LogP contribution < -0.4 is 5.32 Å². The molecule has 0 saturated carbocycles. The number of aryl methyl sites for hydroxylation is 1. The van der Waals surface area contributed by atoms with E-state index in [9.17, 15) is 0 Å². The zero-order valence-electron chi connectivity index (χ0n) is 11.2. The van der Waals surface area contributed by atoms with Crippen LogP contribution in [0.2, 0.25) is 0 Å². The first-order chi connectivity index (χ1) is 7.36. The molecule has 0 aliphatic heterocycles. The lowest BCUT2D eigenvalue weighted by molar-refractivity contribution is 0.816. The van der Waals surface area contributed by atoms with E-state index in [0.717, 1.165) is 13.0 Å². The van der Waals surface area contributed by atoms with Crippen molar-refractivity contribution in [1.29, 1.82) is 0 Å². The van der Waals surface area contributed by atoms with Crippen molar-refractivity contribution in [2.75, 3.05) is 7.05 Å². The van der Waals surface area contributed by atoms with Gasteiger partial charge in [0.25, 0.3) is 0 Å². The van der Waals surface area contributed by atoms with E-state index in [1.54, 1.807) is 0 Å². The molecule has 0 spiro atoms. The summed E-state index contributed by atoms with van der Waals surface area (Å²) in [4.78, 5) is 0. The van der Waals surface area contributed by atoms with Gasteiger partial charge in [-0.2, -0.15) is 0 Å². The van der Waals surface area contributed by atoms with Gasteiger partial charge in [-0.25, -0.2) is 0 Å². The lowest BCUT2D eigenvalue weighted by Gasteiger charge is -2.01. The fourth-order valence-corrected chi connectivity index (χ4v) is 1.16. The third kappa shape index (κ3) is 8.19. The summed E-state index contributed by atoms with van der Waals surface area (Å²) in [5.74, 6) is 0. The second-order valence-electron chi connectivity index (χ2n) is 2.70. The van der Waals surface area contributed by atoms with Crippen molar-refractivity contribution < 1.29 is 0 Å². The first-order valence-corrected chi connectivity index (χ1v) is 6.09. The second-order valence-corrected chi connectivity index (χ2v) is 2.70. The Morgan fingerprint density at radius 3 is 2.00 bits per heavy atom. The monoisotopic (exact) mass is 209 g/mol. The normalized spacial score (nSPS) is 8.13.